The van der Waals surface area contributed by atoms with E-state index < -0.39 is 0 Å². The molecule has 98 valence electrons. The first-order chi connectivity index (χ1) is 8.63. The number of benzene rings is 1. The van der Waals surface area contributed by atoms with Gasteiger partial charge in [0.15, 0.2) is 0 Å². The minimum Gasteiger partial charge on any atom is -0.379 e. The molecule has 1 saturated heterocycles. The number of ether oxygens (including phenoxy) is 1. The van der Waals surface area contributed by atoms with Gasteiger partial charge in [0.1, 0.15) is 0 Å². The van der Waals surface area contributed by atoms with E-state index in [9.17, 15) is 4.79 Å². The summed E-state index contributed by atoms with van der Waals surface area (Å²) in [7, 11) is 1.81. The third-order valence-corrected chi connectivity index (χ3v) is 3.33. The van der Waals surface area contributed by atoms with E-state index in [0.29, 0.717) is 17.9 Å². The molecule has 1 heterocycles. The lowest BCUT2D eigenvalue weighted by Gasteiger charge is -2.24. The van der Waals surface area contributed by atoms with E-state index in [1.165, 1.54) is 0 Å². The maximum atomic E-state index is 12.4. The van der Waals surface area contributed by atoms with Crippen LogP contribution in [0.15, 0.2) is 18.2 Å². The second kappa shape index (κ2) is 5.37. The Kier molecular flexibility index (Phi) is 3.84. The number of nitrogens with zero attached hydrogens (tertiary/aromatic N) is 1. The minimum absolute atomic E-state index is 0.0292. The number of aryl methyl sites for hydroxylation is 1. The minimum atomic E-state index is -0.0292. The summed E-state index contributed by atoms with van der Waals surface area (Å²) < 4.78 is 5.31. The number of likely N-dealkylation sites (N-methyl/N-ethyl adjacent to an activating group) is 1. The Bertz CT molecular complexity index is 442. The van der Waals surface area contributed by atoms with Crippen LogP contribution in [0.5, 0.6) is 0 Å². The van der Waals surface area contributed by atoms with E-state index in [4.69, 9.17) is 10.6 Å². The normalized spacial score (nSPS) is 18.7. The number of nitrogens with one attached hydrogen (secondary N) is 1. The van der Waals surface area contributed by atoms with E-state index >= 15 is 0 Å². The van der Waals surface area contributed by atoms with Gasteiger partial charge < -0.3 is 15.1 Å². The van der Waals surface area contributed by atoms with Gasteiger partial charge in [-0.3, -0.25) is 10.6 Å². The fourth-order valence-electron chi connectivity index (χ4n) is 2.15. The van der Waals surface area contributed by atoms with Gasteiger partial charge >= 0.3 is 0 Å². The van der Waals surface area contributed by atoms with Crippen molar-refractivity contribution in [3.8, 4) is 0 Å². The summed E-state index contributed by atoms with van der Waals surface area (Å²) in [5, 5.41) is 0. The number of carbonyl (C=O) groups is 1. The van der Waals surface area contributed by atoms with Gasteiger partial charge in [0.2, 0.25) is 0 Å². The van der Waals surface area contributed by atoms with Crippen LogP contribution in [-0.2, 0) is 4.74 Å². The van der Waals surface area contributed by atoms with Gasteiger partial charge in [-0.05, 0) is 31.0 Å². The van der Waals surface area contributed by atoms with Crippen molar-refractivity contribution >= 4 is 11.6 Å². The number of hydrogen-bond acceptors (Lipinski definition) is 4. The van der Waals surface area contributed by atoms with Crippen LogP contribution < -0.4 is 11.3 Å². The van der Waals surface area contributed by atoms with Gasteiger partial charge in [-0.15, -0.1) is 0 Å². The summed E-state index contributed by atoms with van der Waals surface area (Å²) in [6.07, 6.45) is 0.888. The molecular formula is C13H19N3O2. The summed E-state index contributed by atoms with van der Waals surface area (Å²) in [6, 6.07) is 5.74. The van der Waals surface area contributed by atoms with Crippen molar-refractivity contribution in [1.82, 2.24) is 4.90 Å². The van der Waals surface area contributed by atoms with Gasteiger partial charge in [-0.2, -0.15) is 0 Å². The largest absolute Gasteiger partial charge is 0.379 e. The summed E-state index contributed by atoms with van der Waals surface area (Å²) >= 11 is 0. The molecule has 1 aromatic carbocycles. The van der Waals surface area contributed by atoms with Crippen molar-refractivity contribution in [2.24, 2.45) is 5.84 Å². The quantitative estimate of drug-likeness (QED) is 0.622. The highest BCUT2D eigenvalue weighted by molar-refractivity contribution is 5.99. The average Bonchev–Trinajstić information content (AvgIpc) is 2.90. The highest BCUT2D eigenvalue weighted by Gasteiger charge is 2.26. The SMILES string of the molecule is Cc1ccc(C(=O)N(C)C2CCOC2)c(NN)c1. The number of nitrogens with two attached hydrogens (primary N) is 1. The van der Waals surface area contributed by atoms with Crippen LogP contribution in [0, 0.1) is 6.92 Å². The third kappa shape index (κ3) is 2.47. The molecule has 0 radical (unpaired) electrons. The molecular weight excluding hydrogens is 230 g/mol. The molecule has 1 aliphatic heterocycles. The van der Waals surface area contributed by atoms with Crippen LogP contribution >= 0.6 is 0 Å². The lowest BCUT2D eigenvalue weighted by molar-refractivity contribution is 0.0712. The first-order valence-corrected chi connectivity index (χ1v) is 6.05. The van der Waals surface area contributed by atoms with Gasteiger partial charge in [0.05, 0.1) is 23.9 Å². The van der Waals surface area contributed by atoms with E-state index in [1.807, 2.05) is 26.1 Å². The fourth-order valence-corrected chi connectivity index (χ4v) is 2.15. The third-order valence-electron chi connectivity index (χ3n) is 3.33. The number of hydrogen-bond donors (Lipinski definition) is 2. The van der Waals surface area contributed by atoms with E-state index in [2.05, 4.69) is 5.43 Å². The molecule has 3 N–H and O–H groups in total. The maximum absolute atomic E-state index is 12.4. The Morgan fingerprint density at radius 2 is 2.33 bits per heavy atom. The van der Waals surface area contributed by atoms with Gasteiger partial charge in [-0.1, -0.05) is 6.07 Å². The Hall–Kier alpha value is -1.59. The van der Waals surface area contributed by atoms with Gasteiger partial charge in [0.25, 0.3) is 5.91 Å². The van der Waals surface area contributed by atoms with E-state index in [-0.39, 0.29) is 11.9 Å². The summed E-state index contributed by atoms with van der Waals surface area (Å²) in [5.74, 6) is 5.44. The Morgan fingerprint density at radius 1 is 1.56 bits per heavy atom. The molecule has 1 aromatic rings. The van der Waals surface area contributed by atoms with E-state index in [1.54, 1.807) is 11.0 Å². The first-order valence-electron chi connectivity index (χ1n) is 6.05. The van der Waals surface area contributed by atoms with Crippen LogP contribution in [-0.4, -0.2) is 37.1 Å². The van der Waals surface area contributed by atoms with Crippen LogP contribution in [0.25, 0.3) is 0 Å². The molecule has 1 atom stereocenters. The monoisotopic (exact) mass is 249 g/mol. The molecule has 5 nitrogen and oxygen atoms in total. The van der Waals surface area contributed by atoms with Crippen molar-refractivity contribution in [3.05, 3.63) is 29.3 Å². The zero-order valence-electron chi connectivity index (χ0n) is 10.8. The lowest BCUT2D eigenvalue weighted by Crippen LogP contribution is -2.37. The molecule has 5 heteroatoms. The van der Waals surface area contributed by atoms with Gasteiger partial charge in [0, 0.05) is 13.7 Å². The average molecular weight is 249 g/mol. The Balaban J connectivity index is 2.22. The van der Waals surface area contributed by atoms with Crippen LogP contribution in [0.3, 0.4) is 0 Å². The zero-order valence-corrected chi connectivity index (χ0v) is 10.8. The molecule has 1 amide bonds. The number of carbonyl (C=O) groups excluding carboxylic acids is 1. The summed E-state index contributed by atoms with van der Waals surface area (Å²) in [5.41, 5.74) is 4.90. The van der Waals surface area contributed by atoms with Crippen LogP contribution in [0.1, 0.15) is 22.3 Å². The summed E-state index contributed by atoms with van der Waals surface area (Å²) in [6.45, 7) is 3.29. The Labute approximate surface area is 107 Å². The number of nitrogen functional groups attached to an aromatic ring is 1. The lowest BCUT2D eigenvalue weighted by atomic mass is 10.1. The molecule has 0 aliphatic carbocycles. The second-order valence-corrected chi connectivity index (χ2v) is 4.63. The van der Waals surface area contributed by atoms with Crippen molar-refractivity contribution in [2.75, 3.05) is 25.7 Å². The van der Waals surface area contributed by atoms with Gasteiger partial charge in [-0.25, -0.2) is 0 Å². The molecule has 1 fully saturated rings. The van der Waals surface area contributed by atoms with E-state index in [0.717, 1.165) is 18.6 Å². The molecule has 18 heavy (non-hydrogen) atoms. The van der Waals surface area contributed by atoms with Crippen LogP contribution in [0.2, 0.25) is 0 Å². The van der Waals surface area contributed by atoms with Crippen molar-refractivity contribution in [1.29, 1.82) is 0 Å². The maximum Gasteiger partial charge on any atom is 0.256 e. The number of amides is 1. The standard InChI is InChI=1S/C13H19N3O2/c1-9-3-4-11(12(7-9)15-14)13(17)16(2)10-5-6-18-8-10/h3-4,7,10,15H,5-6,8,14H2,1-2H3. The smallest absolute Gasteiger partial charge is 0.256 e. The molecule has 0 saturated carbocycles. The summed E-state index contributed by atoms with van der Waals surface area (Å²) in [4.78, 5) is 14.1. The number of rotatable bonds is 3. The molecule has 1 aliphatic rings. The predicted molar refractivity (Wildman–Crippen MR) is 70.3 cm³/mol. The molecule has 0 spiro atoms. The predicted octanol–water partition coefficient (Wildman–Crippen LogP) is 1.14. The molecule has 1 unspecified atom stereocenters. The molecule has 0 aromatic heterocycles. The van der Waals surface area contributed by atoms with Crippen molar-refractivity contribution in [2.45, 2.75) is 19.4 Å². The molecule has 2 rings (SSSR count). The van der Waals surface area contributed by atoms with Crippen LogP contribution in [0.4, 0.5) is 5.69 Å². The number of anilines is 1. The Morgan fingerprint density at radius 3 is 2.94 bits per heavy atom. The highest BCUT2D eigenvalue weighted by Crippen LogP contribution is 2.20. The van der Waals surface area contributed by atoms with Crippen molar-refractivity contribution in [3.63, 3.8) is 0 Å². The second-order valence-electron chi connectivity index (χ2n) is 4.63. The molecule has 0 bridgehead atoms. The van der Waals surface area contributed by atoms with Crippen molar-refractivity contribution < 1.29 is 9.53 Å². The highest BCUT2D eigenvalue weighted by atomic mass is 16.5. The number of hydrazine groups is 1. The topological polar surface area (TPSA) is 67.6 Å². The fraction of sp³-hybridized carbons (Fsp3) is 0.462. The zero-order chi connectivity index (χ0) is 13.1. The first kappa shape index (κ1) is 12.9.